The molecular weight excluding hydrogens is 454 g/mol. The molecule has 174 valence electrons. The minimum atomic E-state index is -3.95. The number of nitrogens with one attached hydrogen (secondary N) is 2. The van der Waals surface area contributed by atoms with Gasteiger partial charge in [-0.1, -0.05) is 0 Å². The Labute approximate surface area is 185 Å². The summed E-state index contributed by atoms with van der Waals surface area (Å²) in [7, 11) is 1.38. The zero-order chi connectivity index (χ0) is 23.3. The van der Waals surface area contributed by atoms with Crippen LogP contribution in [0, 0.1) is 0 Å². The van der Waals surface area contributed by atoms with Crippen LogP contribution in [0.2, 0.25) is 0 Å². The van der Waals surface area contributed by atoms with Gasteiger partial charge in [-0.2, -0.15) is 5.10 Å². The van der Waals surface area contributed by atoms with Gasteiger partial charge in [-0.15, -0.1) is 13.9 Å². The second kappa shape index (κ2) is 7.89. The standard InChI is InChI=1S/C18H21ClF2N6O5/c1-17(3-4-17)27(16(29)30)9-5-12(31-8-9)10-6-13(24-23-10)22-15(28)11-7-14(25-26(11)2)32-18(19,20)21/h6-7,9,12H,3-5,8H2,1-2H3,(H,29,30)(H2,22,23,24,28)/t9-,12-/m1/s1. The van der Waals surface area contributed by atoms with Gasteiger partial charge in [0.25, 0.3) is 5.91 Å². The molecule has 14 heteroatoms. The van der Waals surface area contributed by atoms with E-state index in [2.05, 4.69) is 25.3 Å². The van der Waals surface area contributed by atoms with E-state index in [1.165, 1.54) is 11.9 Å². The summed E-state index contributed by atoms with van der Waals surface area (Å²) in [6.45, 7) is 2.18. The van der Waals surface area contributed by atoms with Crippen molar-refractivity contribution in [1.29, 1.82) is 0 Å². The molecule has 0 aromatic carbocycles. The third kappa shape index (κ3) is 4.63. The third-order valence-electron chi connectivity index (χ3n) is 5.60. The first kappa shape index (κ1) is 22.3. The lowest BCUT2D eigenvalue weighted by Crippen LogP contribution is -2.47. The molecule has 2 aromatic heterocycles. The van der Waals surface area contributed by atoms with Crippen molar-refractivity contribution in [2.45, 2.75) is 49.4 Å². The first-order valence-corrected chi connectivity index (χ1v) is 10.1. The fourth-order valence-electron chi connectivity index (χ4n) is 3.82. The number of carboxylic acid groups (broad SMARTS) is 1. The number of aromatic amines is 1. The van der Waals surface area contributed by atoms with Gasteiger partial charge in [0.1, 0.15) is 11.8 Å². The van der Waals surface area contributed by atoms with Gasteiger partial charge in [0, 0.05) is 42.7 Å². The number of rotatable bonds is 7. The summed E-state index contributed by atoms with van der Waals surface area (Å²) in [4.78, 5) is 25.7. The van der Waals surface area contributed by atoms with E-state index in [0.717, 1.165) is 23.6 Å². The lowest BCUT2D eigenvalue weighted by Gasteiger charge is -2.31. The predicted molar refractivity (Wildman–Crippen MR) is 106 cm³/mol. The number of hydrogen-bond acceptors (Lipinski definition) is 6. The van der Waals surface area contributed by atoms with Gasteiger partial charge < -0.3 is 19.9 Å². The summed E-state index contributed by atoms with van der Waals surface area (Å²) in [5, 5.41) is 22.6. The SMILES string of the molecule is Cn1nc(OC(F)(F)Cl)cc1C(=O)Nc1cc([C@H]2C[C@@H](N(C(=O)O)C3(C)CC3)CO2)[nH]n1. The normalized spacial score (nSPS) is 21.9. The largest absolute Gasteiger partial charge is 0.488 e. The van der Waals surface area contributed by atoms with Crippen LogP contribution in [0.4, 0.5) is 19.4 Å². The second-order valence-corrected chi connectivity index (χ2v) is 8.50. The number of anilines is 1. The van der Waals surface area contributed by atoms with Crippen LogP contribution in [0.3, 0.4) is 0 Å². The first-order chi connectivity index (χ1) is 14.9. The fourth-order valence-corrected chi connectivity index (χ4v) is 3.90. The molecule has 0 radical (unpaired) electrons. The molecule has 1 aliphatic carbocycles. The number of carbonyl (C=O) groups is 2. The summed E-state index contributed by atoms with van der Waals surface area (Å²) in [5.74, 6) is -1.000. The lowest BCUT2D eigenvalue weighted by atomic mass is 10.1. The van der Waals surface area contributed by atoms with Gasteiger partial charge in [0.05, 0.1) is 18.3 Å². The van der Waals surface area contributed by atoms with Crippen molar-refractivity contribution in [2.24, 2.45) is 7.05 Å². The molecule has 1 saturated carbocycles. The molecule has 11 nitrogen and oxygen atoms in total. The van der Waals surface area contributed by atoms with Crippen LogP contribution >= 0.6 is 11.6 Å². The molecule has 0 bridgehead atoms. The molecule has 2 fully saturated rings. The van der Waals surface area contributed by atoms with Crippen LogP contribution in [0.15, 0.2) is 12.1 Å². The van der Waals surface area contributed by atoms with Crippen LogP contribution in [0.25, 0.3) is 0 Å². The Balaban J connectivity index is 1.39. The van der Waals surface area contributed by atoms with Crippen molar-refractivity contribution in [3.05, 3.63) is 23.5 Å². The molecule has 0 unspecified atom stereocenters. The topological polar surface area (TPSA) is 135 Å². The average Bonchev–Trinajstić information content (AvgIpc) is 3.06. The van der Waals surface area contributed by atoms with Crippen molar-refractivity contribution < 1.29 is 33.0 Å². The van der Waals surface area contributed by atoms with Gasteiger partial charge >= 0.3 is 11.7 Å². The zero-order valence-corrected chi connectivity index (χ0v) is 17.9. The summed E-state index contributed by atoms with van der Waals surface area (Å²) in [6.07, 6.45) is 0.717. The van der Waals surface area contributed by atoms with Crippen molar-refractivity contribution in [2.75, 3.05) is 11.9 Å². The fraction of sp³-hybridized carbons (Fsp3) is 0.556. The predicted octanol–water partition coefficient (Wildman–Crippen LogP) is 2.93. The molecule has 1 saturated heterocycles. The van der Waals surface area contributed by atoms with Gasteiger partial charge in [0.15, 0.2) is 5.82 Å². The number of hydrogen-bond donors (Lipinski definition) is 3. The smallest absolute Gasteiger partial charge is 0.465 e. The Morgan fingerprint density at radius 1 is 1.47 bits per heavy atom. The molecule has 2 amide bonds. The molecule has 3 heterocycles. The number of H-pyrrole nitrogens is 1. The summed E-state index contributed by atoms with van der Waals surface area (Å²) in [6, 6.07) is 2.30. The Bertz CT molecular complexity index is 1030. The van der Waals surface area contributed by atoms with E-state index in [4.69, 9.17) is 16.3 Å². The lowest BCUT2D eigenvalue weighted by molar-refractivity contribution is -0.0993. The minimum absolute atomic E-state index is 0.0579. The number of aromatic nitrogens is 4. The Morgan fingerprint density at radius 3 is 2.81 bits per heavy atom. The molecule has 2 aromatic rings. The van der Waals surface area contributed by atoms with Crippen LogP contribution in [0.5, 0.6) is 5.88 Å². The molecule has 2 atom stereocenters. The minimum Gasteiger partial charge on any atom is -0.465 e. The molecule has 0 spiro atoms. The average molecular weight is 475 g/mol. The van der Waals surface area contributed by atoms with Crippen molar-refractivity contribution >= 4 is 29.4 Å². The second-order valence-electron chi connectivity index (χ2n) is 8.06. The van der Waals surface area contributed by atoms with Gasteiger partial charge in [-0.05, 0) is 19.8 Å². The van der Waals surface area contributed by atoms with Gasteiger partial charge in [-0.25, -0.2) is 4.79 Å². The summed E-state index contributed by atoms with van der Waals surface area (Å²) in [5.41, 5.74) is -3.78. The van der Waals surface area contributed by atoms with E-state index >= 15 is 0 Å². The zero-order valence-electron chi connectivity index (χ0n) is 17.1. The van der Waals surface area contributed by atoms with Gasteiger partial charge in [-0.3, -0.25) is 19.5 Å². The number of amides is 2. The molecular formula is C18H21ClF2N6O5. The monoisotopic (exact) mass is 474 g/mol. The Morgan fingerprint density at radius 2 is 2.19 bits per heavy atom. The van der Waals surface area contributed by atoms with Crippen molar-refractivity contribution in [3.8, 4) is 5.88 Å². The highest BCUT2D eigenvalue weighted by atomic mass is 35.5. The maximum atomic E-state index is 12.8. The number of ether oxygens (including phenoxy) is 2. The molecule has 1 aliphatic heterocycles. The van der Waals surface area contributed by atoms with E-state index < -0.39 is 29.6 Å². The quantitative estimate of drug-likeness (QED) is 0.525. The molecule has 2 aliphatic rings. The van der Waals surface area contributed by atoms with Crippen LogP contribution < -0.4 is 10.1 Å². The Hall–Kier alpha value is -2.93. The highest BCUT2D eigenvalue weighted by Gasteiger charge is 2.50. The number of carbonyl (C=O) groups excluding carboxylic acids is 1. The number of nitrogens with zero attached hydrogens (tertiary/aromatic N) is 4. The first-order valence-electron chi connectivity index (χ1n) is 9.75. The van der Waals surface area contributed by atoms with Crippen LogP contribution in [-0.2, 0) is 11.8 Å². The Kier molecular flexibility index (Phi) is 5.49. The summed E-state index contributed by atoms with van der Waals surface area (Å²) < 4.78 is 36.5. The maximum absolute atomic E-state index is 12.8. The number of alkyl halides is 3. The van der Waals surface area contributed by atoms with Crippen molar-refractivity contribution in [3.63, 3.8) is 0 Å². The molecule has 32 heavy (non-hydrogen) atoms. The van der Waals surface area contributed by atoms with Gasteiger partial charge in [0.2, 0.25) is 5.88 Å². The highest BCUT2D eigenvalue weighted by molar-refractivity contribution is 6.20. The maximum Gasteiger partial charge on any atom is 0.488 e. The van der Waals surface area contributed by atoms with Crippen LogP contribution in [0.1, 0.15) is 48.5 Å². The highest BCUT2D eigenvalue weighted by Crippen LogP contribution is 2.45. The van der Waals surface area contributed by atoms with Crippen LogP contribution in [-0.4, -0.2) is 65.7 Å². The third-order valence-corrected chi connectivity index (χ3v) is 5.68. The summed E-state index contributed by atoms with van der Waals surface area (Å²) >= 11 is 4.71. The van der Waals surface area contributed by atoms with E-state index in [9.17, 15) is 23.5 Å². The number of halogens is 3. The van der Waals surface area contributed by atoms with E-state index in [1.807, 2.05) is 6.92 Å². The van der Waals surface area contributed by atoms with E-state index in [1.54, 1.807) is 6.07 Å². The van der Waals surface area contributed by atoms with E-state index in [0.29, 0.717) is 12.1 Å². The molecule has 4 rings (SSSR count). The van der Waals surface area contributed by atoms with E-state index in [-0.39, 0.29) is 29.7 Å². The number of aryl methyl sites for hydroxylation is 1. The molecule has 3 N–H and O–H groups in total. The van der Waals surface area contributed by atoms with Crippen molar-refractivity contribution in [1.82, 2.24) is 24.9 Å².